The summed E-state index contributed by atoms with van der Waals surface area (Å²) in [6.45, 7) is 3.79. The number of hydrogen-bond donors (Lipinski definition) is 2. The first-order valence-corrected chi connectivity index (χ1v) is 5.41. The molecule has 2 aromatic carbocycles. The highest BCUT2D eigenvalue weighted by molar-refractivity contribution is 5.47. The average molecular weight is 226 g/mol. The Kier molecular flexibility index (Phi) is 3.15. The van der Waals surface area contributed by atoms with Gasteiger partial charge in [0.1, 0.15) is 11.5 Å². The van der Waals surface area contributed by atoms with E-state index in [1.54, 1.807) is 12.1 Å². The SMILES string of the molecule is C=C[C@@H](c1ccccc1)c1cc(O)ccc1O. The summed E-state index contributed by atoms with van der Waals surface area (Å²) in [6.07, 6.45) is 1.75. The number of hydrogen-bond acceptors (Lipinski definition) is 2. The third kappa shape index (κ3) is 2.31. The Hall–Kier alpha value is -2.22. The second-order valence-electron chi connectivity index (χ2n) is 3.87. The molecule has 0 saturated heterocycles. The molecule has 2 heteroatoms. The minimum absolute atomic E-state index is 0.122. The van der Waals surface area contributed by atoms with Crippen LogP contribution in [0.25, 0.3) is 0 Å². The molecular formula is C15H14O2. The summed E-state index contributed by atoms with van der Waals surface area (Å²) in [5, 5.41) is 19.3. The van der Waals surface area contributed by atoms with E-state index >= 15 is 0 Å². The van der Waals surface area contributed by atoms with Crippen LogP contribution < -0.4 is 0 Å². The maximum atomic E-state index is 9.84. The highest BCUT2D eigenvalue weighted by Crippen LogP contribution is 2.34. The van der Waals surface area contributed by atoms with Gasteiger partial charge in [0.2, 0.25) is 0 Å². The van der Waals surface area contributed by atoms with Crippen LogP contribution in [0.5, 0.6) is 11.5 Å². The molecule has 0 unspecified atom stereocenters. The van der Waals surface area contributed by atoms with Gasteiger partial charge in [-0.25, -0.2) is 0 Å². The third-order valence-corrected chi connectivity index (χ3v) is 2.74. The molecule has 0 saturated carbocycles. The van der Waals surface area contributed by atoms with E-state index in [1.165, 1.54) is 12.1 Å². The lowest BCUT2D eigenvalue weighted by atomic mass is 9.91. The van der Waals surface area contributed by atoms with E-state index in [-0.39, 0.29) is 17.4 Å². The van der Waals surface area contributed by atoms with E-state index in [0.717, 1.165) is 5.56 Å². The molecule has 2 nitrogen and oxygen atoms in total. The fourth-order valence-corrected chi connectivity index (χ4v) is 1.89. The Balaban J connectivity index is 2.49. The largest absolute Gasteiger partial charge is 0.508 e. The van der Waals surface area contributed by atoms with Crippen LogP contribution in [0.3, 0.4) is 0 Å². The van der Waals surface area contributed by atoms with Gasteiger partial charge in [-0.2, -0.15) is 0 Å². The first kappa shape index (κ1) is 11.3. The molecule has 86 valence electrons. The van der Waals surface area contributed by atoms with Crippen molar-refractivity contribution in [2.24, 2.45) is 0 Å². The van der Waals surface area contributed by atoms with Crippen molar-refractivity contribution in [3.05, 3.63) is 72.3 Å². The summed E-state index contributed by atoms with van der Waals surface area (Å²) >= 11 is 0. The maximum absolute atomic E-state index is 9.84. The van der Waals surface area contributed by atoms with E-state index in [4.69, 9.17) is 0 Å². The summed E-state index contributed by atoms with van der Waals surface area (Å²) in [6, 6.07) is 14.3. The first-order valence-electron chi connectivity index (χ1n) is 5.41. The van der Waals surface area contributed by atoms with E-state index in [1.807, 2.05) is 30.3 Å². The first-order chi connectivity index (χ1) is 8.22. The van der Waals surface area contributed by atoms with Crippen LogP contribution in [0, 0.1) is 0 Å². The number of allylic oxidation sites excluding steroid dienone is 1. The highest BCUT2D eigenvalue weighted by atomic mass is 16.3. The van der Waals surface area contributed by atoms with Crippen LogP contribution in [0.15, 0.2) is 61.2 Å². The molecule has 0 fully saturated rings. The summed E-state index contributed by atoms with van der Waals surface area (Å²) in [4.78, 5) is 0. The van der Waals surface area contributed by atoms with Gasteiger partial charge in [0.25, 0.3) is 0 Å². The van der Waals surface area contributed by atoms with Crippen molar-refractivity contribution in [1.82, 2.24) is 0 Å². The van der Waals surface area contributed by atoms with Crippen LogP contribution in [0.4, 0.5) is 0 Å². The minimum atomic E-state index is -0.122. The molecule has 2 N–H and O–H groups in total. The lowest BCUT2D eigenvalue weighted by molar-refractivity contribution is 0.453. The van der Waals surface area contributed by atoms with Crippen molar-refractivity contribution in [3.8, 4) is 11.5 Å². The van der Waals surface area contributed by atoms with Gasteiger partial charge in [-0.1, -0.05) is 36.4 Å². The van der Waals surface area contributed by atoms with Gasteiger partial charge in [0.15, 0.2) is 0 Å². The zero-order chi connectivity index (χ0) is 12.3. The van der Waals surface area contributed by atoms with E-state index in [2.05, 4.69) is 6.58 Å². The molecule has 0 spiro atoms. The van der Waals surface area contributed by atoms with E-state index < -0.39 is 0 Å². The topological polar surface area (TPSA) is 40.5 Å². The Labute approximate surface area is 100 Å². The molecule has 0 amide bonds. The molecule has 0 aliphatic carbocycles. The highest BCUT2D eigenvalue weighted by Gasteiger charge is 2.14. The molecule has 2 rings (SSSR count). The number of phenols is 2. The quantitative estimate of drug-likeness (QED) is 0.622. The minimum Gasteiger partial charge on any atom is -0.508 e. The van der Waals surface area contributed by atoms with Crippen LogP contribution in [-0.4, -0.2) is 10.2 Å². The summed E-state index contributed by atoms with van der Waals surface area (Å²) in [7, 11) is 0. The summed E-state index contributed by atoms with van der Waals surface area (Å²) < 4.78 is 0. The van der Waals surface area contributed by atoms with Crippen molar-refractivity contribution >= 4 is 0 Å². The van der Waals surface area contributed by atoms with Crippen molar-refractivity contribution in [2.75, 3.05) is 0 Å². The number of rotatable bonds is 3. The average Bonchev–Trinajstić information content (AvgIpc) is 2.36. The molecule has 0 aliphatic heterocycles. The Morgan fingerprint density at radius 2 is 1.71 bits per heavy atom. The molecule has 0 bridgehead atoms. The predicted octanol–water partition coefficient (Wildman–Crippen LogP) is 3.42. The Morgan fingerprint density at radius 3 is 2.35 bits per heavy atom. The van der Waals surface area contributed by atoms with Crippen molar-refractivity contribution in [1.29, 1.82) is 0 Å². The van der Waals surface area contributed by atoms with Gasteiger partial charge in [-0.3, -0.25) is 0 Å². The fraction of sp³-hybridized carbons (Fsp3) is 0.0667. The molecule has 17 heavy (non-hydrogen) atoms. The summed E-state index contributed by atoms with van der Waals surface area (Å²) in [5.41, 5.74) is 1.69. The van der Waals surface area contributed by atoms with Crippen LogP contribution in [-0.2, 0) is 0 Å². The summed E-state index contributed by atoms with van der Waals surface area (Å²) in [5.74, 6) is 0.181. The van der Waals surface area contributed by atoms with Gasteiger partial charge >= 0.3 is 0 Å². The molecule has 2 aromatic rings. The molecule has 0 aromatic heterocycles. The van der Waals surface area contributed by atoms with E-state index in [0.29, 0.717) is 5.56 Å². The fourth-order valence-electron chi connectivity index (χ4n) is 1.89. The number of aromatic hydroxyl groups is 2. The van der Waals surface area contributed by atoms with Crippen molar-refractivity contribution < 1.29 is 10.2 Å². The molecular weight excluding hydrogens is 212 g/mol. The smallest absolute Gasteiger partial charge is 0.119 e. The Bertz CT molecular complexity index is 518. The number of benzene rings is 2. The van der Waals surface area contributed by atoms with Crippen LogP contribution in [0.2, 0.25) is 0 Å². The van der Waals surface area contributed by atoms with Gasteiger partial charge in [-0.15, -0.1) is 6.58 Å². The normalized spacial score (nSPS) is 12.0. The van der Waals surface area contributed by atoms with Gasteiger partial charge in [0.05, 0.1) is 0 Å². The van der Waals surface area contributed by atoms with Crippen LogP contribution in [0.1, 0.15) is 17.0 Å². The second-order valence-corrected chi connectivity index (χ2v) is 3.87. The number of phenolic OH excluding ortho intramolecular Hbond substituents is 2. The van der Waals surface area contributed by atoms with Gasteiger partial charge < -0.3 is 10.2 Å². The standard InChI is InChI=1S/C15H14O2/c1-2-13(11-6-4-3-5-7-11)14-10-12(16)8-9-15(14)17/h2-10,13,16-17H,1H2/t13-/m0/s1. The molecule has 1 atom stereocenters. The maximum Gasteiger partial charge on any atom is 0.119 e. The third-order valence-electron chi connectivity index (χ3n) is 2.74. The van der Waals surface area contributed by atoms with Crippen molar-refractivity contribution in [3.63, 3.8) is 0 Å². The lowest BCUT2D eigenvalue weighted by Gasteiger charge is -2.15. The van der Waals surface area contributed by atoms with Crippen molar-refractivity contribution in [2.45, 2.75) is 5.92 Å². The zero-order valence-corrected chi connectivity index (χ0v) is 9.38. The van der Waals surface area contributed by atoms with Crippen LogP contribution >= 0.6 is 0 Å². The molecule has 0 aliphatic rings. The molecule has 0 heterocycles. The lowest BCUT2D eigenvalue weighted by Crippen LogP contribution is -1.97. The Morgan fingerprint density at radius 1 is 1.00 bits per heavy atom. The predicted molar refractivity (Wildman–Crippen MR) is 68.3 cm³/mol. The zero-order valence-electron chi connectivity index (χ0n) is 9.38. The monoisotopic (exact) mass is 226 g/mol. The molecule has 0 radical (unpaired) electrons. The van der Waals surface area contributed by atoms with Gasteiger partial charge in [0, 0.05) is 11.5 Å². The van der Waals surface area contributed by atoms with E-state index in [9.17, 15) is 10.2 Å². The second kappa shape index (κ2) is 4.74. The van der Waals surface area contributed by atoms with Gasteiger partial charge in [-0.05, 0) is 23.8 Å².